The molecule has 380 valence electrons. The van der Waals surface area contributed by atoms with Crippen molar-refractivity contribution in [2.75, 3.05) is 13.2 Å². The van der Waals surface area contributed by atoms with Gasteiger partial charge in [-0.25, -0.2) is 0 Å². The fourth-order valence-electron chi connectivity index (χ4n) is 8.40. The van der Waals surface area contributed by atoms with Crippen LogP contribution in [0.25, 0.3) is 0 Å². The third-order valence-electron chi connectivity index (χ3n) is 12.7. The lowest BCUT2D eigenvalue weighted by atomic mass is 10.0. The minimum atomic E-state index is -0.781. The third kappa shape index (κ3) is 52.5. The SMILES string of the molecule is CC/C=C\C/C=C\C/C=C\CCCCCC(=O)OC(COC(=O)CCCCCCCCCC)COC(=O)CCCCCCCCCCCCCCCCCCCCCCCCCCCC. The van der Waals surface area contributed by atoms with E-state index in [0.29, 0.717) is 19.3 Å². The van der Waals surface area contributed by atoms with Crippen molar-refractivity contribution in [3.63, 3.8) is 0 Å². The minimum absolute atomic E-state index is 0.0801. The zero-order valence-corrected chi connectivity index (χ0v) is 43.5. The largest absolute Gasteiger partial charge is 0.462 e. The summed E-state index contributed by atoms with van der Waals surface area (Å²) in [5.74, 6) is -0.901. The van der Waals surface area contributed by atoms with Gasteiger partial charge in [0.2, 0.25) is 0 Å². The van der Waals surface area contributed by atoms with Crippen LogP contribution in [-0.2, 0) is 28.6 Å². The standard InChI is InChI=1S/C59H108O6/c1-4-7-10-13-16-19-21-23-24-25-26-27-28-29-30-31-32-33-34-35-37-38-40-43-46-49-52-58(61)64-55-56(54-63-57(60)51-48-45-42-18-15-12-9-6-3)65-59(62)53-50-47-44-41-39-36-22-20-17-14-11-8-5-2/h8,11,17,20,36,39,56H,4-7,9-10,12-16,18-19,21-35,37-38,40-55H2,1-3H3/b11-8-,20-17-,39-36-. The number of carbonyl (C=O) groups is 3. The molecule has 0 aliphatic heterocycles. The molecule has 6 nitrogen and oxygen atoms in total. The number of allylic oxidation sites excluding steroid dienone is 6. The molecule has 6 heteroatoms. The van der Waals surface area contributed by atoms with Crippen LogP contribution in [-0.4, -0.2) is 37.2 Å². The van der Waals surface area contributed by atoms with Crippen LogP contribution in [0.1, 0.15) is 303 Å². The monoisotopic (exact) mass is 913 g/mol. The molecule has 0 aliphatic carbocycles. The average molecular weight is 914 g/mol. The van der Waals surface area contributed by atoms with Crippen LogP contribution in [0.3, 0.4) is 0 Å². The van der Waals surface area contributed by atoms with E-state index in [2.05, 4.69) is 57.2 Å². The maximum Gasteiger partial charge on any atom is 0.306 e. The Hall–Kier alpha value is -2.37. The van der Waals surface area contributed by atoms with E-state index in [0.717, 1.165) is 83.5 Å². The van der Waals surface area contributed by atoms with Crippen LogP contribution in [0.5, 0.6) is 0 Å². The van der Waals surface area contributed by atoms with E-state index >= 15 is 0 Å². The topological polar surface area (TPSA) is 78.9 Å². The van der Waals surface area contributed by atoms with Gasteiger partial charge in [0, 0.05) is 19.3 Å². The third-order valence-corrected chi connectivity index (χ3v) is 12.7. The summed E-state index contributed by atoms with van der Waals surface area (Å²) in [7, 11) is 0. The van der Waals surface area contributed by atoms with Crippen LogP contribution >= 0.6 is 0 Å². The molecule has 0 N–H and O–H groups in total. The van der Waals surface area contributed by atoms with Crippen molar-refractivity contribution in [3.05, 3.63) is 36.5 Å². The second-order valence-electron chi connectivity index (χ2n) is 19.2. The highest BCUT2D eigenvalue weighted by Crippen LogP contribution is 2.17. The Morgan fingerprint density at radius 2 is 0.600 bits per heavy atom. The molecule has 0 aromatic carbocycles. The van der Waals surface area contributed by atoms with Gasteiger partial charge in [0.25, 0.3) is 0 Å². The predicted molar refractivity (Wildman–Crippen MR) is 279 cm³/mol. The summed E-state index contributed by atoms with van der Waals surface area (Å²) in [5, 5.41) is 0. The smallest absolute Gasteiger partial charge is 0.306 e. The summed E-state index contributed by atoms with van der Waals surface area (Å²) < 4.78 is 16.8. The molecular formula is C59H108O6. The van der Waals surface area contributed by atoms with Gasteiger partial charge < -0.3 is 14.2 Å². The first-order valence-corrected chi connectivity index (χ1v) is 28.5. The van der Waals surface area contributed by atoms with E-state index in [-0.39, 0.29) is 31.1 Å². The molecular weight excluding hydrogens is 805 g/mol. The van der Waals surface area contributed by atoms with Gasteiger partial charge in [0.1, 0.15) is 13.2 Å². The van der Waals surface area contributed by atoms with Crippen molar-refractivity contribution in [2.45, 2.75) is 309 Å². The molecule has 0 aromatic rings. The normalized spacial score (nSPS) is 12.2. The predicted octanol–water partition coefficient (Wildman–Crippen LogP) is 18.9. The molecule has 0 aromatic heterocycles. The number of rotatable bonds is 52. The van der Waals surface area contributed by atoms with Gasteiger partial charge in [-0.3, -0.25) is 14.4 Å². The fourth-order valence-corrected chi connectivity index (χ4v) is 8.40. The minimum Gasteiger partial charge on any atom is -0.462 e. The molecule has 0 spiro atoms. The first-order chi connectivity index (χ1) is 32.0. The van der Waals surface area contributed by atoms with E-state index in [1.807, 2.05) is 0 Å². The summed E-state index contributed by atoms with van der Waals surface area (Å²) in [6.07, 6.45) is 64.6. The Labute approximate surface area is 404 Å². The summed E-state index contributed by atoms with van der Waals surface area (Å²) in [6, 6.07) is 0. The van der Waals surface area contributed by atoms with E-state index in [1.165, 1.54) is 180 Å². The van der Waals surface area contributed by atoms with Gasteiger partial charge in [0.15, 0.2) is 6.10 Å². The Balaban J connectivity index is 4.09. The zero-order valence-electron chi connectivity index (χ0n) is 43.5. The lowest BCUT2D eigenvalue weighted by Crippen LogP contribution is -2.30. The van der Waals surface area contributed by atoms with Gasteiger partial charge in [-0.05, 0) is 51.4 Å². The first kappa shape index (κ1) is 62.6. The number of hydrogen-bond donors (Lipinski definition) is 0. The Morgan fingerprint density at radius 1 is 0.323 bits per heavy atom. The van der Waals surface area contributed by atoms with Gasteiger partial charge in [-0.1, -0.05) is 269 Å². The van der Waals surface area contributed by atoms with E-state index in [9.17, 15) is 14.4 Å². The van der Waals surface area contributed by atoms with Gasteiger partial charge in [0.05, 0.1) is 0 Å². The molecule has 0 bridgehead atoms. The van der Waals surface area contributed by atoms with Crippen LogP contribution in [0.4, 0.5) is 0 Å². The maximum absolute atomic E-state index is 12.8. The molecule has 65 heavy (non-hydrogen) atoms. The van der Waals surface area contributed by atoms with Gasteiger partial charge >= 0.3 is 17.9 Å². The van der Waals surface area contributed by atoms with E-state index in [4.69, 9.17) is 14.2 Å². The van der Waals surface area contributed by atoms with Crippen molar-refractivity contribution >= 4 is 17.9 Å². The number of ether oxygens (including phenoxy) is 3. The molecule has 0 radical (unpaired) electrons. The number of hydrogen-bond acceptors (Lipinski definition) is 6. The molecule has 0 heterocycles. The number of esters is 3. The Morgan fingerprint density at radius 3 is 0.938 bits per heavy atom. The molecule has 0 saturated heterocycles. The number of unbranched alkanes of at least 4 members (excludes halogenated alkanes) is 35. The van der Waals surface area contributed by atoms with Crippen LogP contribution in [0.2, 0.25) is 0 Å². The Bertz CT molecular complexity index is 1090. The second kappa shape index (κ2) is 54.2. The summed E-state index contributed by atoms with van der Waals surface area (Å²) >= 11 is 0. The van der Waals surface area contributed by atoms with Crippen molar-refractivity contribution in [3.8, 4) is 0 Å². The molecule has 0 rings (SSSR count). The molecule has 0 aliphatic rings. The highest BCUT2D eigenvalue weighted by atomic mass is 16.6. The first-order valence-electron chi connectivity index (χ1n) is 28.5. The van der Waals surface area contributed by atoms with Crippen LogP contribution in [0, 0.1) is 0 Å². The van der Waals surface area contributed by atoms with Gasteiger partial charge in [-0.2, -0.15) is 0 Å². The molecule has 0 saturated carbocycles. The van der Waals surface area contributed by atoms with Crippen molar-refractivity contribution in [1.82, 2.24) is 0 Å². The summed E-state index contributed by atoms with van der Waals surface area (Å²) in [4.78, 5) is 37.9. The summed E-state index contributed by atoms with van der Waals surface area (Å²) in [6.45, 7) is 6.50. The lowest BCUT2D eigenvalue weighted by Gasteiger charge is -2.18. The summed E-state index contributed by atoms with van der Waals surface area (Å²) in [5.41, 5.74) is 0. The van der Waals surface area contributed by atoms with Crippen LogP contribution in [0.15, 0.2) is 36.5 Å². The van der Waals surface area contributed by atoms with E-state index in [1.54, 1.807) is 0 Å². The quantitative estimate of drug-likeness (QED) is 0.0262. The average Bonchev–Trinajstić information content (AvgIpc) is 3.30. The van der Waals surface area contributed by atoms with Gasteiger partial charge in [-0.15, -0.1) is 0 Å². The molecule has 0 fully saturated rings. The van der Waals surface area contributed by atoms with Crippen molar-refractivity contribution in [2.24, 2.45) is 0 Å². The maximum atomic E-state index is 12.8. The zero-order chi connectivity index (χ0) is 47.2. The lowest BCUT2D eigenvalue weighted by molar-refractivity contribution is -0.167. The highest BCUT2D eigenvalue weighted by Gasteiger charge is 2.19. The van der Waals surface area contributed by atoms with Crippen molar-refractivity contribution < 1.29 is 28.6 Å². The fraction of sp³-hybridized carbons (Fsp3) is 0.847. The second-order valence-corrected chi connectivity index (χ2v) is 19.2. The molecule has 1 unspecified atom stereocenters. The highest BCUT2D eigenvalue weighted by molar-refractivity contribution is 5.71. The van der Waals surface area contributed by atoms with E-state index < -0.39 is 6.10 Å². The molecule has 1 atom stereocenters. The van der Waals surface area contributed by atoms with Crippen LogP contribution < -0.4 is 0 Å². The number of carbonyl (C=O) groups excluding carboxylic acids is 3. The molecule has 0 amide bonds. The van der Waals surface area contributed by atoms with Crippen molar-refractivity contribution in [1.29, 1.82) is 0 Å². The Kier molecular flexibility index (Phi) is 52.3.